The molecule has 0 fully saturated rings. The summed E-state index contributed by atoms with van der Waals surface area (Å²) in [5.41, 5.74) is 1.05. The summed E-state index contributed by atoms with van der Waals surface area (Å²) >= 11 is 5.96. The van der Waals surface area contributed by atoms with E-state index in [1.54, 1.807) is 31.2 Å². The van der Waals surface area contributed by atoms with Crippen molar-refractivity contribution >= 4 is 39.3 Å². The number of hydrogen-bond acceptors (Lipinski definition) is 2. The summed E-state index contributed by atoms with van der Waals surface area (Å²) in [6, 6.07) is 10.6. The van der Waals surface area contributed by atoms with Crippen LogP contribution in [0.4, 0.5) is 4.39 Å². The van der Waals surface area contributed by atoms with E-state index in [0.29, 0.717) is 31.4 Å². The molecule has 2 aromatic carbocycles. The first-order chi connectivity index (χ1) is 11.4. The molecule has 3 rings (SSSR count). The minimum absolute atomic E-state index is 0.291. The third-order valence-electron chi connectivity index (χ3n) is 3.72. The molecule has 0 bridgehead atoms. The Morgan fingerprint density at radius 2 is 2.04 bits per heavy atom. The molecule has 0 aliphatic heterocycles. The maximum absolute atomic E-state index is 13.7. The van der Waals surface area contributed by atoms with Gasteiger partial charge in [0.05, 0.1) is 21.2 Å². The minimum atomic E-state index is -1.61. The maximum atomic E-state index is 13.7. The molecule has 3 aromatic rings. The van der Waals surface area contributed by atoms with E-state index in [1.807, 2.05) is 0 Å². The summed E-state index contributed by atoms with van der Waals surface area (Å²) in [5, 5.41) is 10.00. The van der Waals surface area contributed by atoms with Gasteiger partial charge in [0.1, 0.15) is 12.4 Å². The Bertz CT molecular complexity index is 983. The van der Waals surface area contributed by atoms with Crippen molar-refractivity contribution in [3.8, 4) is 0 Å². The number of carboxylic acid groups (broad SMARTS) is 1. The lowest BCUT2D eigenvalue weighted by molar-refractivity contribution is -0.137. The van der Waals surface area contributed by atoms with Gasteiger partial charge in [-0.1, -0.05) is 17.7 Å². The average molecular weight is 366 g/mol. The van der Waals surface area contributed by atoms with Crippen molar-refractivity contribution in [1.29, 1.82) is 0 Å². The molecule has 0 aliphatic carbocycles. The predicted octanol–water partition coefficient (Wildman–Crippen LogP) is 3.99. The van der Waals surface area contributed by atoms with E-state index in [4.69, 9.17) is 16.7 Å². The quantitative estimate of drug-likeness (QED) is 0.760. The zero-order valence-corrected chi connectivity index (χ0v) is 14.2. The maximum Gasteiger partial charge on any atom is 0.323 e. The van der Waals surface area contributed by atoms with Crippen LogP contribution in [0, 0.1) is 12.7 Å². The number of halogens is 2. The van der Waals surface area contributed by atoms with Crippen LogP contribution in [0.1, 0.15) is 5.69 Å². The Morgan fingerprint density at radius 3 is 2.71 bits per heavy atom. The molecular weight excluding hydrogens is 353 g/mol. The molecule has 0 saturated carbocycles. The lowest BCUT2D eigenvalue weighted by Crippen LogP contribution is -2.10. The summed E-state index contributed by atoms with van der Waals surface area (Å²) in [4.78, 5) is 12.0. The van der Waals surface area contributed by atoms with E-state index in [2.05, 4.69) is 0 Å². The average Bonchev–Trinajstić information content (AvgIpc) is 2.78. The van der Waals surface area contributed by atoms with Crippen molar-refractivity contribution in [1.82, 2.24) is 4.57 Å². The number of benzene rings is 2. The molecule has 0 saturated heterocycles. The predicted molar refractivity (Wildman–Crippen MR) is 90.4 cm³/mol. The largest absolute Gasteiger partial charge is 0.480 e. The third-order valence-corrected chi connectivity index (χ3v) is 5.52. The van der Waals surface area contributed by atoms with Crippen LogP contribution in [0.5, 0.6) is 0 Å². The van der Waals surface area contributed by atoms with E-state index >= 15 is 0 Å². The van der Waals surface area contributed by atoms with E-state index in [9.17, 15) is 13.4 Å². The van der Waals surface area contributed by atoms with Gasteiger partial charge in [0.2, 0.25) is 0 Å². The number of carboxylic acids is 1. The highest BCUT2D eigenvalue weighted by Crippen LogP contribution is 2.32. The Balaban J connectivity index is 2.27. The van der Waals surface area contributed by atoms with Crippen LogP contribution in [-0.2, 0) is 22.1 Å². The van der Waals surface area contributed by atoms with Crippen LogP contribution in [0.25, 0.3) is 10.9 Å². The molecule has 7 heteroatoms. The first kappa shape index (κ1) is 16.7. The fraction of sp³-hybridized carbons (Fsp3) is 0.118. The second kappa shape index (κ2) is 6.37. The van der Waals surface area contributed by atoms with Gasteiger partial charge in [-0.15, -0.1) is 0 Å². The van der Waals surface area contributed by atoms with Gasteiger partial charge in [-0.2, -0.15) is 0 Å². The van der Waals surface area contributed by atoms with Crippen molar-refractivity contribution in [2.24, 2.45) is 0 Å². The highest BCUT2D eigenvalue weighted by molar-refractivity contribution is 7.85. The molecule has 124 valence electrons. The van der Waals surface area contributed by atoms with E-state index in [-0.39, 0.29) is 6.54 Å². The topological polar surface area (TPSA) is 59.3 Å². The SMILES string of the molecule is Cc1c(S(=O)c2cccc(Cl)c2)c2cc(F)ccc2n1CC(=O)O. The van der Waals surface area contributed by atoms with Crippen molar-refractivity contribution < 1.29 is 18.5 Å². The summed E-state index contributed by atoms with van der Waals surface area (Å²) in [7, 11) is -1.61. The molecule has 0 spiro atoms. The molecule has 1 unspecified atom stereocenters. The van der Waals surface area contributed by atoms with Gasteiger partial charge in [-0.05, 0) is 43.3 Å². The number of aromatic nitrogens is 1. The van der Waals surface area contributed by atoms with Crippen LogP contribution in [0.15, 0.2) is 52.3 Å². The molecule has 0 radical (unpaired) electrons. The monoisotopic (exact) mass is 365 g/mol. The molecule has 1 N–H and O–H groups in total. The first-order valence-electron chi connectivity index (χ1n) is 7.06. The third kappa shape index (κ3) is 2.95. The van der Waals surface area contributed by atoms with Gasteiger partial charge in [0.15, 0.2) is 0 Å². The Hall–Kier alpha value is -2.18. The lowest BCUT2D eigenvalue weighted by atomic mass is 10.2. The standard InChI is InChI=1S/C17H13ClFNO3S/c1-10-17(24(23)13-4-2-3-11(18)7-13)14-8-12(19)5-6-15(14)20(10)9-16(21)22/h2-8H,9H2,1H3,(H,21,22). The van der Waals surface area contributed by atoms with Crippen LogP contribution >= 0.6 is 11.6 Å². The lowest BCUT2D eigenvalue weighted by Gasteiger charge is -2.06. The number of rotatable bonds is 4. The second-order valence-electron chi connectivity index (χ2n) is 5.28. The smallest absolute Gasteiger partial charge is 0.323 e. The summed E-state index contributed by atoms with van der Waals surface area (Å²) in [5.74, 6) is -1.50. The molecule has 0 aliphatic rings. The van der Waals surface area contributed by atoms with Crippen molar-refractivity contribution in [2.75, 3.05) is 0 Å². The minimum Gasteiger partial charge on any atom is -0.480 e. The fourth-order valence-corrected chi connectivity index (χ4v) is 4.37. The van der Waals surface area contributed by atoms with Crippen molar-refractivity contribution in [2.45, 2.75) is 23.3 Å². The summed E-state index contributed by atoms with van der Waals surface area (Å²) in [6.45, 7) is 1.39. The Labute approximate surface area is 144 Å². The number of hydrogen-bond donors (Lipinski definition) is 1. The highest BCUT2D eigenvalue weighted by atomic mass is 35.5. The van der Waals surface area contributed by atoms with Crippen LogP contribution in [-0.4, -0.2) is 19.9 Å². The summed E-state index contributed by atoms with van der Waals surface area (Å²) < 4.78 is 28.2. The Kier molecular flexibility index (Phi) is 4.43. The van der Waals surface area contributed by atoms with Crippen LogP contribution in [0.3, 0.4) is 0 Å². The molecular formula is C17H13ClFNO3S. The van der Waals surface area contributed by atoms with Gasteiger partial charge in [-0.25, -0.2) is 8.60 Å². The van der Waals surface area contributed by atoms with Gasteiger partial charge in [0, 0.05) is 21.0 Å². The molecule has 4 nitrogen and oxygen atoms in total. The van der Waals surface area contributed by atoms with E-state index in [0.717, 1.165) is 0 Å². The van der Waals surface area contributed by atoms with Crippen LogP contribution in [0.2, 0.25) is 5.02 Å². The van der Waals surface area contributed by atoms with Gasteiger partial charge in [-0.3, -0.25) is 4.79 Å². The van der Waals surface area contributed by atoms with E-state index < -0.39 is 22.6 Å². The van der Waals surface area contributed by atoms with Crippen LogP contribution < -0.4 is 0 Å². The van der Waals surface area contributed by atoms with Gasteiger partial charge >= 0.3 is 5.97 Å². The van der Waals surface area contributed by atoms with Gasteiger partial charge < -0.3 is 9.67 Å². The van der Waals surface area contributed by atoms with Gasteiger partial charge in [0.25, 0.3) is 0 Å². The Morgan fingerprint density at radius 1 is 1.29 bits per heavy atom. The highest BCUT2D eigenvalue weighted by Gasteiger charge is 2.22. The van der Waals surface area contributed by atoms with E-state index in [1.165, 1.54) is 22.8 Å². The normalized spacial score (nSPS) is 12.5. The number of nitrogens with zero attached hydrogens (tertiary/aromatic N) is 1. The van der Waals surface area contributed by atoms with Crippen molar-refractivity contribution in [3.05, 3.63) is 59.0 Å². The number of fused-ring (bicyclic) bond motifs is 1. The number of aliphatic carboxylic acids is 1. The second-order valence-corrected chi connectivity index (χ2v) is 7.14. The molecule has 1 heterocycles. The first-order valence-corrected chi connectivity index (χ1v) is 8.58. The molecule has 24 heavy (non-hydrogen) atoms. The number of carbonyl (C=O) groups is 1. The molecule has 1 atom stereocenters. The zero-order chi connectivity index (χ0) is 17.4. The fourth-order valence-electron chi connectivity index (χ4n) is 2.70. The zero-order valence-electron chi connectivity index (χ0n) is 12.6. The van der Waals surface area contributed by atoms with Crippen molar-refractivity contribution in [3.63, 3.8) is 0 Å². The summed E-state index contributed by atoms with van der Waals surface area (Å²) in [6.07, 6.45) is 0. The molecule has 1 aromatic heterocycles. The molecule has 0 amide bonds.